The van der Waals surface area contributed by atoms with Gasteiger partial charge in [-0.1, -0.05) is 26.0 Å². The minimum atomic E-state index is -0.447. The van der Waals surface area contributed by atoms with Gasteiger partial charge in [-0.15, -0.1) is 0 Å². The molecule has 0 aliphatic rings. The second-order valence-corrected chi connectivity index (χ2v) is 5.98. The van der Waals surface area contributed by atoms with Crippen molar-refractivity contribution in [1.82, 2.24) is 0 Å². The van der Waals surface area contributed by atoms with Crippen LogP contribution in [0.1, 0.15) is 45.6 Å². The van der Waals surface area contributed by atoms with E-state index in [0.717, 1.165) is 12.8 Å². The molecule has 26 heavy (non-hydrogen) atoms. The zero-order valence-electron chi connectivity index (χ0n) is 16.2. The van der Waals surface area contributed by atoms with Crippen molar-refractivity contribution >= 4 is 11.4 Å². The maximum atomic E-state index is 12.0. The second kappa shape index (κ2) is 9.70. The SMILES string of the molecule is C=C(CCCC)/C(=C(O)\C(C(C)=O)=C(/C)O)c1c(OC)cccc1OC. The van der Waals surface area contributed by atoms with Crippen LogP contribution in [0.15, 0.2) is 47.4 Å². The Morgan fingerprint density at radius 1 is 1.12 bits per heavy atom. The van der Waals surface area contributed by atoms with Crippen molar-refractivity contribution in [1.29, 1.82) is 0 Å². The van der Waals surface area contributed by atoms with Crippen LogP contribution in [0.2, 0.25) is 0 Å². The lowest BCUT2D eigenvalue weighted by molar-refractivity contribution is -0.113. The summed E-state index contributed by atoms with van der Waals surface area (Å²) in [5.74, 6) is -0.0905. The topological polar surface area (TPSA) is 76.0 Å². The molecule has 0 aliphatic carbocycles. The number of ether oxygens (including phenoxy) is 2. The molecule has 142 valence electrons. The third-order valence-electron chi connectivity index (χ3n) is 4.05. The molecule has 0 unspecified atom stereocenters. The van der Waals surface area contributed by atoms with Gasteiger partial charge in [0.2, 0.25) is 0 Å². The van der Waals surface area contributed by atoms with E-state index in [0.29, 0.717) is 34.6 Å². The highest BCUT2D eigenvalue weighted by Crippen LogP contribution is 2.42. The van der Waals surface area contributed by atoms with Gasteiger partial charge in [-0.2, -0.15) is 0 Å². The number of aliphatic hydroxyl groups excluding tert-OH is 2. The highest BCUT2D eigenvalue weighted by Gasteiger charge is 2.25. The van der Waals surface area contributed by atoms with E-state index in [2.05, 4.69) is 13.5 Å². The molecule has 0 saturated carbocycles. The zero-order chi connectivity index (χ0) is 19.9. The standard InChI is InChI=1S/C21H28O5/c1-7-8-10-13(2)18(21(24)19(14(3)22)15(4)23)20-16(25-5)11-9-12-17(20)26-6/h9,11-12,22,24H,2,7-8,10H2,1,3-6H3/b19-14+,21-18-. The maximum Gasteiger partial charge on any atom is 0.166 e. The van der Waals surface area contributed by atoms with E-state index in [-0.39, 0.29) is 17.1 Å². The molecule has 0 radical (unpaired) electrons. The van der Waals surface area contributed by atoms with E-state index in [9.17, 15) is 15.0 Å². The van der Waals surface area contributed by atoms with Gasteiger partial charge in [-0.3, -0.25) is 4.79 Å². The van der Waals surface area contributed by atoms with Crippen LogP contribution in [-0.2, 0) is 4.79 Å². The monoisotopic (exact) mass is 360 g/mol. The average molecular weight is 360 g/mol. The van der Waals surface area contributed by atoms with Crippen LogP contribution in [-0.4, -0.2) is 30.2 Å². The number of unbranched alkanes of at least 4 members (excludes halogenated alkanes) is 1. The Hall–Kier alpha value is -2.69. The van der Waals surface area contributed by atoms with Gasteiger partial charge in [0.05, 0.1) is 25.4 Å². The molecule has 0 atom stereocenters. The van der Waals surface area contributed by atoms with E-state index in [1.165, 1.54) is 28.1 Å². The Morgan fingerprint density at radius 3 is 2.04 bits per heavy atom. The summed E-state index contributed by atoms with van der Waals surface area (Å²) in [5, 5.41) is 20.9. The van der Waals surface area contributed by atoms with E-state index in [4.69, 9.17) is 9.47 Å². The number of ketones is 1. The van der Waals surface area contributed by atoms with Gasteiger partial charge in [0.25, 0.3) is 0 Å². The number of carbonyl (C=O) groups excluding carboxylic acids is 1. The molecule has 2 N–H and O–H groups in total. The molecule has 0 fully saturated rings. The fourth-order valence-electron chi connectivity index (χ4n) is 2.79. The van der Waals surface area contributed by atoms with Crippen LogP contribution >= 0.6 is 0 Å². The highest BCUT2D eigenvalue weighted by molar-refractivity contribution is 6.02. The lowest BCUT2D eigenvalue weighted by Gasteiger charge is -2.20. The summed E-state index contributed by atoms with van der Waals surface area (Å²) >= 11 is 0. The Balaban J connectivity index is 3.85. The molecule has 0 amide bonds. The number of carbonyl (C=O) groups is 1. The first kappa shape index (κ1) is 21.4. The molecule has 0 saturated heterocycles. The molecular formula is C21H28O5. The predicted molar refractivity (Wildman–Crippen MR) is 104 cm³/mol. The molecule has 0 aliphatic heterocycles. The van der Waals surface area contributed by atoms with Crippen molar-refractivity contribution in [2.24, 2.45) is 0 Å². The Labute approximate surface area is 155 Å². The van der Waals surface area contributed by atoms with E-state index >= 15 is 0 Å². The highest BCUT2D eigenvalue weighted by atomic mass is 16.5. The smallest absolute Gasteiger partial charge is 0.166 e. The van der Waals surface area contributed by atoms with Crippen LogP contribution in [0.5, 0.6) is 11.5 Å². The van der Waals surface area contributed by atoms with Crippen molar-refractivity contribution in [2.75, 3.05) is 14.2 Å². The first-order valence-electron chi connectivity index (χ1n) is 8.53. The lowest BCUT2D eigenvalue weighted by Crippen LogP contribution is -2.08. The molecule has 0 heterocycles. The van der Waals surface area contributed by atoms with E-state index in [1.807, 2.05) is 0 Å². The van der Waals surface area contributed by atoms with Crippen LogP contribution in [0.4, 0.5) is 0 Å². The van der Waals surface area contributed by atoms with Crippen molar-refractivity contribution in [3.63, 3.8) is 0 Å². The minimum absolute atomic E-state index is 0.148. The molecule has 1 aromatic carbocycles. The molecule has 0 bridgehead atoms. The second-order valence-electron chi connectivity index (χ2n) is 5.98. The third kappa shape index (κ3) is 4.69. The summed E-state index contributed by atoms with van der Waals surface area (Å²) in [6.07, 6.45) is 2.43. The molecule has 0 spiro atoms. The lowest BCUT2D eigenvalue weighted by atomic mass is 9.89. The van der Waals surface area contributed by atoms with Gasteiger partial charge in [0.15, 0.2) is 5.78 Å². The van der Waals surface area contributed by atoms with Gasteiger partial charge in [-0.25, -0.2) is 0 Å². The zero-order valence-corrected chi connectivity index (χ0v) is 16.2. The summed E-state index contributed by atoms with van der Waals surface area (Å²) in [5.41, 5.74) is 1.32. The number of hydrogen-bond donors (Lipinski definition) is 2. The third-order valence-corrected chi connectivity index (χ3v) is 4.05. The fourth-order valence-corrected chi connectivity index (χ4v) is 2.79. The van der Waals surface area contributed by atoms with Crippen LogP contribution in [0, 0.1) is 0 Å². The fraction of sp³-hybridized carbons (Fsp3) is 0.381. The predicted octanol–water partition coefficient (Wildman–Crippen LogP) is 5.14. The number of benzene rings is 1. The molecule has 1 aromatic rings. The molecular weight excluding hydrogens is 332 g/mol. The molecule has 0 aromatic heterocycles. The van der Waals surface area contributed by atoms with E-state index in [1.54, 1.807) is 18.2 Å². The first-order chi connectivity index (χ1) is 12.3. The van der Waals surface area contributed by atoms with Crippen LogP contribution in [0.25, 0.3) is 5.57 Å². The minimum Gasteiger partial charge on any atom is -0.512 e. The number of rotatable bonds is 9. The number of aliphatic hydroxyl groups is 2. The summed E-state index contributed by atoms with van der Waals surface area (Å²) in [7, 11) is 3.03. The quantitative estimate of drug-likeness (QED) is 0.362. The van der Waals surface area contributed by atoms with Gasteiger partial charge in [0.1, 0.15) is 23.0 Å². The van der Waals surface area contributed by atoms with Crippen molar-refractivity contribution in [2.45, 2.75) is 40.0 Å². The largest absolute Gasteiger partial charge is 0.512 e. The van der Waals surface area contributed by atoms with Crippen molar-refractivity contribution in [3.8, 4) is 11.5 Å². The number of hydrogen-bond acceptors (Lipinski definition) is 5. The van der Waals surface area contributed by atoms with Crippen LogP contribution in [0.3, 0.4) is 0 Å². The number of methoxy groups -OCH3 is 2. The maximum absolute atomic E-state index is 12.0. The number of allylic oxidation sites excluding steroid dienone is 4. The van der Waals surface area contributed by atoms with Gasteiger partial charge in [0, 0.05) is 5.57 Å². The van der Waals surface area contributed by atoms with Crippen molar-refractivity contribution < 1.29 is 24.5 Å². The average Bonchev–Trinajstić information content (AvgIpc) is 2.59. The summed E-state index contributed by atoms with van der Waals surface area (Å²) in [6.45, 7) is 8.80. The molecule has 5 heteroatoms. The van der Waals surface area contributed by atoms with Crippen LogP contribution < -0.4 is 9.47 Å². The first-order valence-corrected chi connectivity index (χ1v) is 8.53. The van der Waals surface area contributed by atoms with Gasteiger partial charge in [-0.05, 0) is 44.4 Å². The van der Waals surface area contributed by atoms with Crippen molar-refractivity contribution in [3.05, 3.63) is 53.0 Å². The molecule has 1 rings (SSSR count). The van der Waals surface area contributed by atoms with Gasteiger partial charge >= 0.3 is 0 Å². The van der Waals surface area contributed by atoms with E-state index < -0.39 is 5.78 Å². The normalized spacial score (nSPS) is 12.8. The summed E-state index contributed by atoms with van der Waals surface area (Å²) in [4.78, 5) is 12.0. The summed E-state index contributed by atoms with van der Waals surface area (Å²) in [6, 6.07) is 5.24. The molecule has 5 nitrogen and oxygen atoms in total. The summed E-state index contributed by atoms with van der Waals surface area (Å²) < 4.78 is 10.9. The number of Topliss-reactive ketones (excluding diaryl/α,β-unsaturated/α-hetero) is 1. The van der Waals surface area contributed by atoms with Gasteiger partial charge < -0.3 is 19.7 Å². The Morgan fingerprint density at radius 2 is 1.65 bits per heavy atom. The Bertz CT molecular complexity index is 715. The Kier molecular flexibility index (Phi) is 7.97.